The van der Waals surface area contributed by atoms with Gasteiger partial charge < -0.3 is 21.6 Å². The second-order valence-corrected chi connectivity index (χ2v) is 6.61. The first kappa shape index (κ1) is 18.7. The van der Waals surface area contributed by atoms with Crippen LogP contribution in [-0.4, -0.2) is 43.8 Å². The number of quaternary nitrogens is 1. The van der Waals surface area contributed by atoms with Gasteiger partial charge in [0.25, 0.3) is 0 Å². The van der Waals surface area contributed by atoms with Crippen LogP contribution in [0.5, 0.6) is 5.88 Å². The highest BCUT2D eigenvalue weighted by molar-refractivity contribution is 5.87. The number of hydrogen-bond donors (Lipinski definition) is 0. The van der Waals surface area contributed by atoms with Crippen LogP contribution in [0.25, 0.3) is 10.8 Å². The number of ether oxygens (including phenoxy) is 1. The second kappa shape index (κ2) is 8.35. The Bertz CT molecular complexity index is 593. The van der Waals surface area contributed by atoms with E-state index in [9.17, 15) is 0 Å². The van der Waals surface area contributed by atoms with E-state index < -0.39 is 0 Å². The molecule has 0 amide bonds. The van der Waals surface area contributed by atoms with Crippen LogP contribution >= 0.6 is 0 Å². The van der Waals surface area contributed by atoms with E-state index in [4.69, 9.17) is 9.72 Å². The fourth-order valence-electron chi connectivity index (χ4n) is 2.23. The minimum absolute atomic E-state index is 0. The minimum atomic E-state index is 0. The summed E-state index contributed by atoms with van der Waals surface area (Å²) in [5.74, 6) is 0.785. The van der Waals surface area contributed by atoms with Gasteiger partial charge in [-0.1, -0.05) is 31.5 Å². The topological polar surface area (TPSA) is 22.1 Å². The number of rotatable bonds is 7. The Kier molecular flexibility index (Phi) is 7.11. The fourth-order valence-corrected chi connectivity index (χ4v) is 2.23. The number of nitrogens with zero attached hydrogens (tertiary/aromatic N) is 2. The Morgan fingerprint density at radius 3 is 2.55 bits per heavy atom. The number of halogens is 1. The number of pyridine rings is 1. The summed E-state index contributed by atoms with van der Waals surface area (Å²) in [6.07, 6.45) is 3.38. The first-order valence-corrected chi connectivity index (χ1v) is 7.81. The van der Waals surface area contributed by atoms with Crippen LogP contribution in [0.2, 0.25) is 0 Å². The van der Waals surface area contributed by atoms with Gasteiger partial charge in [0, 0.05) is 11.1 Å². The van der Waals surface area contributed by atoms with Crippen molar-refractivity contribution in [3.8, 4) is 5.88 Å². The van der Waals surface area contributed by atoms with Crippen molar-refractivity contribution >= 4 is 10.8 Å². The van der Waals surface area contributed by atoms with E-state index in [-0.39, 0.29) is 12.4 Å². The van der Waals surface area contributed by atoms with Crippen molar-refractivity contribution in [1.82, 2.24) is 4.98 Å². The first-order valence-electron chi connectivity index (χ1n) is 7.81. The summed E-state index contributed by atoms with van der Waals surface area (Å²) >= 11 is 0. The Morgan fingerprint density at radius 2 is 1.86 bits per heavy atom. The van der Waals surface area contributed by atoms with E-state index in [0.717, 1.165) is 34.4 Å². The monoisotopic (exact) mass is 322 g/mol. The van der Waals surface area contributed by atoms with Crippen LogP contribution in [0.15, 0.2) is 30.3 Å². The second-order valence-electron chi connectivity index (χ2n) is 6.61. The van der Waals surface area contributed by atoms with Crippen molar-refractivity contribution in [3.63, 3.8) is 0 Å². The third-order valence-corrected chi connectivity index (χ3v) is 3.55. The summed E-state index contributed by atoms with van der Waals surface area (Å²) in [5.41, 5.74) is 1.13. The van der Waals surface area contributed by atoms with Crippen molar-refractivity contribution in [1.29, 1.82) is 0 Å². The molecule has 1 aromatic heterocycles. The fraction of sp³-hybridized carbons (Fsp3) is 0.500. The molecule has 0 fully saturated rings. The lowest BCUT2D eigenvalue weighted by atomic mass is 10.1. The molecular formula is C18H27ClN2O. The van der Waals surface area contributed by atoms with E-state index in [1.165, 1.54) is 18.2 Å². The number of likely N-dealkylation sites (N-methyl/N-ethyl adjacent to an activating group) is 1. The van der Waals surface area contributed by atoms with Crippen LogP contribution in [0.1, 0.15) is 25.5 Å². The minimum Gasteiger partial charge on any atom is -1.00 e. The molecule has 2 aromatic rings. The molecule has 0 radical (unpaired) electrons. The summed E-state index contributed by atoms with van der Waals surface area (Å²) in [6.45, 7) is 3.87. The van der Waals surface area contributed by atoms with Crippen LogP contribution in [0.4, 0.5) is 0 Å². The highest BCUT2D eigenvalue weighted by Gasteiger charge is 2.10. The molecular weight excluding hydrogens is 296 g/mol. The molecule has 0 N–H and O–H groups in total. The Hall–Kier alpha value is -1.32. The van der Waals surface area contributed by atoms with Crippen molar-refractivity contribution in [3.05, 3.63) is 36.0 Å². The lowest BCUT2D eigenvalue weighted by Crippen LogP contribution is -3.00. The zero-order valence-corrected chi connectivity index (χ0v) is 14.9. The van der Waals surface area contributed by atoms with Gasteiger partial charge >= 0.3 is 0 Å². The summed E-state index contributed by atoms with van der Waals surface area (Å²) in [7, 11) is 6.52. The molecule has 122 valence electrons. The van der Waals surface area contributed by atoms with E-state index in [1.54, 1.807) is 0 Å². The molecule has 0 aliphatic heterocycles. The standard InChI is InChI=1S/C18H27N2O.ClH/c1-5-6-10-16-14-15-9-7-8-11-17(15)18(19-16)21-13-12-20(2,3)4;/h7-9,11,14H,5-6,10,12-13H2,1-4H3;1H/q+1;/p-1. The molecule has 0 spiro atoms. The smallest absolute Gasteiger partial charge is 0.221 e. The molecule has 0 aliphatic carbocycles. The zero-order chi connectivity index (χ0) is 15.3. The number of aromatic nitrogens is 1. The molecule has 4 heteroatoms. The third kappa shape index (κ3) is 5.47. The van der Waals surface area contributed by atoms with Crippen molar-refractivity contribution < 1.29 is 21.6 Å². The van der Waals surface area contributed by atoms with Gasteiger partial charge in [0.1, 0.15) is 13.2 Å². The van der Waals surface area contributed by atoms with E-state index in [0.29, 0.717) is 6.61 Å². The largest absolute Gasteiger partial charge is 1.00 e. The van der Waals surface area contributed by atoms with Gasteiger partial charge in [0.05, 0.1) is 21.1 Å². The molecule has 0 saturated carbocycles. The van der Waals surface area contributed by atoms with Gasteiger partial charge in [-0.15, -0.1) is 0 Å². The third-order valence-electron chi connectivity index (χ3n) is 3.55. The Labute approximate surface area is 140 Å². The van der Waals surface area contributed by atoms with Crippen LogP contribution in [0, 0.1) is 0 Å². The summed E-state index contributed by atoms with van der Waals surface area (Å²) in [4.78, 5) is 4.73. The molecule has 22 heavy (non-hydrogen) atoms. The highest BCUT2D eigenvalue weighted by atomic mass is 35.5. The first-order chi connectivity index (χ1) is 9.99. The van der Waals surface area contributed by atoms with Gasteiger partial charge in [-0.05, 0) is 30.4 Å². The Morgan fingerprint density at radius 1 is 1.14 bits per heavy atom. The summed E-state index contributed by atoms with van der Waals surface area (Å²) in [5, 5.41) is 2.33. The lowest BCUT2D eigenvalue weighted by molar-refractivity contribution is -0.870. The molecule has 0 bridgehead atoms. The average Bonchev–Trinajstić information content (AvgIpc) is 2.43. The molecule has 3 nitrogen and oxygen atoms in total. The predicted octanol–water partition coefficient (Wildman–Crippen LogP) is 0.666. The van der Waals surface area contributed by atoms with E-state index in [2.05, 4.69) is 52.3 Å². The normalized spacial score (nSPS) is 11.3. The number of hydrogen-bond acceptors (Lipinski definition) is 2. The quantitative estimate of drug-likeness (QED) is 0.699. The maximum absolute atomic E-state index is 5.99. The number of benzene rings is 1. The van der Waals surface area contributed by atoms with E-state index >= 15 is 0 Å². The SMILES string of the molecule is CCCCc1cc2ccccc2c(OCC[N+](C)(C)C)n1.[Cl-]. The van der Waals surface area contributed by atoms with Gasteiger partial charge in [0.15, 0.2) is 0 Å². The zero-order valence-electron chi connectivity index (χ0n) is 14.1. The molecule has 2 rings (SSSR count). The number of aryl methyl sites for hydroxylation is 1. The molecule has 0 atom stereocenters. The molecule has 0 unspecified atom stereocenters. The molecule has 0 aliphatic rings. The van der Waals surface area contributed by atoms with E-state index in [1.807, 2.05) is 6.07 Å². The van der Waals surface area contributed by atoms with Gasteiger partial charge in [-0.3, -0.25) is 0 Å². The van der Waals surface area contributed by atoms with Crippen molar-refractivity contribution in [2.75, 3.05) is 34.3 Å². The van der Waals surface area contributed by atoms with Crippen LogP contribution in [-0.2, 0) is 6.42 Å². The maximum Gasteiger partial charge on any atom is 0.221 e. The van der Waals surface area contributed by atoms with Gasteiger partial charge in [-0.2, -0.15) is 0 Å². The number of fused-ring (bicyclic) bond motifs is 1. The van der Waals surface area contributed by atoms with Gasteiger partial charge in [0.2, 0.25) is 5.88 Å². The van der Waals surface area contributed by atoms with Crippen LogP contribution < -0.4 is 17.1 Å². The predicted molar refractivity (Wildman–Crippen MR) is 88.7 cm³/mol. The molecule has 0 saturated heterocycles. The molecule has 1 aromatic carbocycles. The van der Waals surface area contributed by atoms with Crippen molar-refractivity contribution in [2.24, 2.45) is 0 Å². The van der Waals surface area contributed by atoms with Gasteiger partial charge in [-0.25, -0.2) is 4.98 Å². The lowest BCUT2D eigenvalue weighted by Gasteiger charge is -2.23. The maximum atomic E-state index is 5.99. The highest BCUT2D eigenvalue weighted by Crippen LogP contribution is 2.25. The number of unbranched alkanes of at least 4 members (excludes halogenated alkanes) is 1. The molecule has 1 heterocycles. The van der Waals surface area contributed by atoms with Crippen molar-refractivity contribution in [2.45, 2.75) is 26.2 Å². The summed E-state index contributed by atoms with van der Waals surface area (Å²) in [6, 6.07) is 10.5. The van der Waals surface area contributed by atoms with Crippen LogP contribution in [0.3, 0.4) is 0 Å². The summed E-state index contributed by atoms with van der Waals surface area (Å²) < 4.78 is 6.89. The Balaban J connectivity index is 0.00000242. The average molecular weight is 323 g/mol.